The fourth-order valence-corrected chi connectivity index (χ4v) is 1.70. The third-order valence-electron chi connectivity index (χ3n) is 2.59. The Hall–Kier alpha value is -1.32. The summed E-state index contributed by atoms with van der Waals surface area (Å²) in [6, 6.07) is -0.909. The Morgan fingerprint density at radius 1 is 1.53 bits per heavy atom. The van der Waals surface area contributed by atoms with Crippen molar-refractivity contribution >= 4 is 12.2 Å². The Labute approximate surface area is 86.7 Å². The maximum absolute atomic E-state index is 10.1. The summed E-state index contributed by atoms with van der Waals surface area (Å²) in [6.45, 7) is 1.82. The zero-order chi connectivity index (χ0) is 11.3. The van der Waals surface area contributed by atoms with Crippen molar-refractivity contribution in [3.63, 3.8) is 0 Å². The first-order valence-electron chi connectivity index (χ1n) is 4.61. The average molecular weight is 212 g/mol. The molecular formula is C9H12N2O4. The molecule has 0 radical (unpaired) electrons. The largest absolute Gasteiger partial charge is 0.394 e. The van der Waals surface area contributed by atoms with E-state index in [9.17, 15) is 9.59 Å². The van der Waals surface area contributed by atoms with Crippen LogP contribution >= 0.6 is 0 Å². The van der Waals surface area contributed by atoms with Crippen LogP contribution in [-0.4, -0.2) is 48.7 Å². The number of ether oxygens (including phenoxy) is 1. The van der Waals surface area contributed by atoms with E-state index >= 15 is 0 Å². The maximum atomic E-state index is 10.1. The summed E-state index contributed by atoms with van der Waals surface area (Å²) < 4.78 is 5.33. The number of aliphatic hydroxyl groups excluding tert-OH is 1. The summed E-state index contributed by atoms with van der Waals surface area (Å²) >= 11 is 0. The Balaban J connectivity index is 2.72. The van der Waals surface area contributed by atoms with Crippen LogP contribution in [0.5, 0.6) is 0 Å². The van der Waals surface area contributed by atoms with Crippen molar-refractivity contribution in [2.45, 2.75) is 25.1 Å². The van der Waals surface area contributed by atoms with E-state index in [2.05, 4.69) is 9.98 Å². The fourth-order valence-electron chi connectivity index (χ4n) is 1.70. The van der Waals surface area contributed by atoms with Gasteiger partial charge in [-0.1, -0.05) is 6.92 Å². The third-order valence-corrected chi connectivity index (χ3v) is 2.59. The highest BCUT2D eigenvalue weighted by Gasteiger charge is 2.38. The van der Waals surface area contributed by atoms with Gasteiger partial charge < -0.3 is 9.84 Å². The molecule has 15 heavy (non-hydrogen) atoms. The molecule has 1 rings (SSSR count). The van der Waals surface area contributed by atoms with E-state index < -0.39 is 12.1 Å². The minimum absolute atomic E-state index is 0.0827. The molecule has 1 heterocycles. The summed E-state index contributed by atoms with van der Waals surface area (Å²) in [5.74, 6) is -0.0827. The fraction of sp³-hybridized carbons (Fsp3) is 0.778. The predicted octanol–water partition coefficient (Wildman–Crippen LogP) is -0.578. The molecule has 0 amide bonds. The topological polar surface area (TPSA) is 88.3 Å². The number of aliphatic hydroxyl groups is 1. The standard InChI is InChI=1S/C9H12N2O4/c1-6-8(11-5-14)3-15-9(6)7(2-12)10-4-13/h6-9,12H,2-3H2,1H3/t6-,7+,8-,9+/m1/s1. The second-order valence-electron chi connectivity index (χ2n) is 3.42. The van der Waals surface area contributed by atoms with Crippen molar-refractivity contribution in [1.82, 2.24) is 0 Å². The summed E-state index contributed by atoms with van der Waals surface area (Å²) in [5.41, 5.74) is 0. The first-order valence-corrected chi connectivity index (χ1v) is 4.61. The monoisotopic (exact) mass is 212 g/mol. The van der Waals surface area contributed by atoms with E-state index in [4.69, 9.17) is 9.84 Å². The van der Waals surface area contributed by atoms with Gasteiger partial charge in [0.15, 0.2) is 0 Å². The average Bonchev–Trinajstić information content (AvgIpc) is 2.58. The van der Waals surface area contributed by atoms with Crippen LogP contribution < -0.4 is 0 Å². The van der Waals surface area contributed by atoms with Crippen LogP contribution in [0.25, 0.3) is 0 Å². The second kappa shape index (κ2) is 5.53. The van der Waals surface area contributed by atoms with Crippen LogP contribution in [0.4, 0.5) is 0 Å². The van der Waals surface area contributed by atoms with E-state index in [1.165, 1.54) is 12.2 Å². The number of hydrogen-bond acceptors (Lipinski definition) is 6. The van der Waals surface area contributed by atoms with Crippen molar-refractivity contribution in [3.8, 4) is 0 Å². The van der Waals surface area contributed by atoms with Crippen molar-refractivity contribution < 1.29 is 19.4 Å². The van der Waals surface area contributed by atoms with E-state index in [0.29, 0.717) is 0 Å². The number of carbonyl (C=O) groups excluding carboxylic acids is 2. The molecule has 6 heteroatoms. The van der Waals surface area contributed by atoms with Gasteiger partial charge in [-0.3, -0.25) is 0 Å². The molecule has 1 aliphatic rings. The van der Waals surface area contributed by atoms with Gasteiger partial charge in [0.2, 0.25) is 12.2 Å². The van der Waals surface area contributed by atoms with Crippen molar-refractivity contribution in [2.24, 2.45) is 15.9 Å². The van der Waals surface area contributed by atoms with Crippen LogP contribution in [0, 0.1) is 5.92 Å². The van der Waals surface area contributed by atoms with Crippen LogP contribution in [0.15, 0.2) is 9.98 Å². The van der Waals surface area contributed by atoms with E-state index in [-0.39, 0.29) is 25.2 Å². The number of nitrogens with zero attached hydrogens (tertiary/aromatic N) is 2. The first-order chi connectivity index (χ1) is 7.24. The number of hydrogen-bond donors (Lipinski definition) is 1. The van der Waals surface area contributed by atoms with Crippen LogP contribution in [0.1, 0.15) is 6.92 Å². The lowest BCUT2D eigenvalue weighted by atomic mass is 9.95. The quantitative estimate of drug-likeness (QED) is 0.499. The van der Waals surface area contributed by atoms with Crippen LogP contribution in [0.2, 0.25) is 0 Å². The smallest absolute Gasteiger partial charge is 0.235 e. The predicted molar refractivity (Wildman–Crippen MR) is 49.8 cm³/mol. The highest BCUT2D eigenvalue weighted by molar-refractivity contribution is 5.35. The van der Waals surface area contributed by atoms with Crippen molar-refractivity contribution in [1.29, 1.82) is 0 Å². The van der Waals surface area contributed by atoms with Crippen LogP contribution in [-0.2, 0) is 14.3 Å². The maximum Gasteiger partial charge on any atom is 0.235 e. The molecule has 0 aromatic carbocycles. The lowest BCUT2D eigenvalue weighted by Crippen LogP contribution is -2.33. The highest BCUT2D eigenvalue weighted by Crippen LogP contribution is 2.26. The van der Waals surface area contributed by atoms with Gasteiger partial charge >= 0.3 is 0 Å². The van der Waals surface area contributed by atoms with Gasteiger partial charge in [-0.05, 0) is 0 Å². The molecule has 6 nitrogen and oxygen atoms in total. The summed E-state index contributed by atoms with van der Waals surface area (Å²) in [7, 11) is 0. The SMILES string of the molecule is C[C@H]1[C@@H]([C@H](CO)N=C=O)OC[C@H]1N=C=O. The minimum atomic E-state index is -0.635. The van der Waals surface area contributed by atoms with E-state index in [1.807, 2.05) is 6.92 Å². The van der Waals surface area contributed by atoms with Gasteiger partial charge in [0.05, 0.1) is 25.4 Å². The number of aliphatic imine (C=N–C) groups is 2. The first kappa shape index (κ1) is 11.8. The molecule has 0 spiro atoms. The van der Waals surface area contributed by atoms with Gasteiger partial charge in [0, 0.05) is 5.92 Å². The molecule has 1 N–H and O–H groups in total. The molecule has 0 aromatic rings. The molecule has 0 bridgehead atoms. The van der Waals surface area contributed by atoms with Crippen molar-refractivity contribution in [3.05, 3.63) is 0 Å². The lowest BCUT2D eigenvalue weighted by Gasteiger charge is -2.19. The Bertz CT molecular complexity index is 307. The molecule has 82 valence electrons. The molecule has 1 aliphatic heterocycles. The summed E-state index contributed by atoms with van der Waals surface area (Å²) in [4.78, 5) is 27.2. The molecule has 1 fully saturated rings. The van der Waals surface area contributed by atoms with Crippen LogP contribution in [0.3, 0.4) is 0 Å². The normalized spacial score (nSPS) is 31.5. The summed E-state index contributed by atoms with van der Waals surface area (Å²) in [6.07, 6.45) is 2.46. The van der Waals surface area contributed by atoms with Gasteiger partial charge in [0.25, 0.3) is 0 Å². The van der Waals surface area contributed by atoms with Gasteiger partial charge in [-0.2, -0.15) is 9.98 Å². The molecule has 0 saturated carbocycles. The lowest BCUT2D eigenvalue weighted by molar-refractivity contribution is 0.0538. The van der Waals surface area contributed by atoms with Crippen molar-refractivity contribution in [2.75, 3.05) is 13.2 Å². The molecule has 0 aromatic heterocycles. The zero-order valence-electron chi connectivity index (χ0n) is 8.29. The highest BCUT2D eigenvalue weighted by atomic mass is 16.5. The van der Waals surface area contributed by atoms with Gasteiger partial charge in [-0.15, -0.1) is 0 Å². The second-order valence-corrected chi connectivity index (χ2v) is 3.42. The zero-order valence-corrected chi connectivity index (χ0v) is 8.29. The molecule has 0 unspecified atom stereocenters. The molecular weight excluding hydrogens is 200 g/mol. The number of isocyanates is 2. The molecule has 4 atom stereocenters. The molecule has 1 saturated heterocycles. The number of rotatable bonds is 4. The summed E-state index contributed by atoms with van der Waals surface area (Å²) in [5, 5.41) is 8.99. The minimum Gasteiger partial charge on any atom is -0.394 e. The van der Waals surface area contributed by atoms with Gasteiger partial charge in [0.1, 0.15) is 6.04 Å². The Morgan fingerprint density at radius 2 is 2.27 bits per heavy atom. The van der Waals surface area contributed by atoms with E-state index in [0.717, 1.165) is 0 Å². The Morgan fingerprint density at radius 3 is 2.80 bits per heavy atom. The van der Waals surface area contributed by atoms with Gasteiger partial charge in [-0.25, -0.2) is 9.59 Å². The Kier molecular flexibility index (Phi) is 4.34. The van der Waals surface area contributed by atoms with E-state index in [1.54, 1.807) is 0 Å². The third kappa shape index (κ3) is 2.58. The molecule has 0 aliphatic carbocycles.